The minimum absolute atomic E-state index is 0.00304. The second-order valence-corrected chi connectivity index (χ2v) is 5.69. The van der Waals surface area contributed by atoms with Gasteiger partial charge in [-0.25, -0.2) is 4.79 Å². The van der Waals surface area contributed by atoms with Gasteiger partial charge in [0.25, 0.3) is 5.69 Å². The number of carboxylic acids is 1. The van der Waals surface area contributed by atoms with Crippen molar-refractivity contribution in [3.05, 3.63) is 54.7 Å². The summed E-state index contributed by atoms with van der Waals surface area (Å²) in [4.78, 5) is 22.3. The summed E-state index contributed by atoms with van der Waals surface area (Å²) in [5, 5.41) is 24.7. The summed E-state index contributed by atoms with van der Waals surface area (Å²) >= 11 is 4.87. The Morgan fingerprint density at radius 2 is 2.20 bits per heavy atom. The van der Waals surface area contributed by atoms with Crippen LogP contribution in [0.15, 0.2) is 34.1 Å². The van der Waals surface area contributed by atoms with Crippen molar-refractivity contribution in [1.82, 2.24) is 0 Å². The Bertz CT molecular complexity index is 671. The number of hydrogen-bond acceptors (Lipinski definition) is 5. The molecule has 2 aromatic rings. The fourth-order valence-corrected chi connectivity index (χ4v) is 3.04. The van der Waals surface area contributed by atoms with Gasteiger partial charge >= 0.3 is 5.97 Å². The highest BCUT2D eigenvalue weighted by Crippen LogP contribution is 2.26. The van der Waals surface area contributed by atoms with Gasteiger partial charge in [-0.05, 0) is 33.4 Å². The van der Waals surface area contributed by atoms with Crippen LogP contribution in [-0.2, 0) is 6.54 Å². The van der Waals surface area contributed by atoms with Gasteiger partial charge < -0.3 is 10.4 Å². The molecular weight excluding hydrogens is 348 g/mol. The van der Waals surface area contributed by atoms with Gasteiger partial charge in [0, 0.05) is 21.5 Å². The topological polar surface area (TPSA) is 92.5 Å². The molecule has 0 aliphatic rings. The molecule has 0 saturated heterocycles. The lowest BCUT2D eigenvalue weighted by Gasteiger charge is -2.09. The van der Waals surface area contributed by atoms with Crippen LogP contribution in [0.5, 0.6) is 0 Å². The van der Waals surface area contributed by atoms with E-state index in [1.54, 1.807) is 0 Å². The zero-order chi connectivity index (χ0) is 14.7. The van der Waals surface area contributed by atoms with E-state index < -0.39 is 10.9 Å². The van der Waals surface area contributed by atoms with E-state index >= 15 is 0 Å². The molecule has 20 heavy (non-hydrogen) atoms. The van der Waals surface area contributed by atoms with Crippen LogP contribution < -0.4 is 5.32 Å². The third-order valence-corrected chi connectivity index (χ3v) is 4.50. The summed E-state index contributed by atoms with van der Waals surface area (Å²) in [5.41, 5.74) is 0.0815. The molecule has 0 saturated carbocycles. The molecule has 8 heteroatoms. The zero-order valence-electron chi connectivity index (χ0n) is 10.00. The second-order valence-electron chi connectivity index (χ2n) is 3.84. The molecule has 0 aliphatic carbocycles. The van der Waals surface area contributed by atoms with Gasteiger partial charge in [0.15, 0.2) is 0 Å². The van der Waals surface area contributed by atoms with E-state index in [4.69, 9.17) is 5.11 Å². The predicted octanol–water partition coefficient (Wildman–Crippen LogP) is 3.73. The number of nitrogens with one attached hydrogen (secondary N) is 1. The molecule has 1 aromatic carbocycles. The van der Waals surface area contributed by atoms with Gasteiger partial charge in [-0.15, -0.1) is 11.3 Å². The maximum atomic E-state index is 11.1. The normalized spacial score (nSPS) is 10.2. The molecule has 0 radical (unpaired) electrons. The van der Waals surface area contributed by atoms with Gasteiger partial charge in [0.05, 0.1) is 22.7 Å². The third-order valence-electron chi connectivity index (χ3n) is 2.57. The number of aromatic carboxylic acids is 1. The first-order valence-corrected chi connectivity index (χ1v) is 7.14. The number of nitro benzene ring substituents is 1. The van der Waals surface area contributed by atoms with Crippen molar-refractivity contribution in [2.24, 2.45) is 0 Å². The summed E-state index contributed by atoms with van der Waals surface area (Å²) in [6.45, 7) is 0.389. The van der Waals surface area contributed by atoms with Crippen LogP contribution >= 0.6 is 27.3 Å². The van der Waals surface area contributed by atoms with Crippen LogP contribution in [0, 0.1) is 10.1 Å². The van der Waals surface area contributed by atoms with Crippen molar-refractivity contribution in [3.8, 4) is 0 Å². The second kappa shape index (κ2) is 6.02. The molecule has 6 nitrogen and oxygen atoms in total. The highest BCUT2D eigenvalue weighted by molar-refractivity contribution is 9.10. The van der Waals surface area contributed by atoms with Crippen molar-refractivity contribution in [1.29, 1.82) is 0 Å². The first-order chi connectivity index (χ1) is 9.49. The van der Waals surface area contributed by atoms with E-state index in [2.05, 4.69) is 21.2 Å². The number of hydrogen-bond donors (Lipinski definition) is 2. The average molecular weight is 357 g/mol. The largest absolute Gasteiger partial charge is 0.478 e. The highest BCUT2D eigenvalue weighted by atomic mass is 79.9. The first-order valence-electron chi connectivity index (χ1n) is 5.46. The van der Waals surface area contributed by atoms with Crippen LogP contribution in [-0.4, -0.2) is 16.0 Å². The molecule has 0 atom stereocenters. The summed E-state index contributed by atoms with van der Waals surface area (Å²) in [6, 6.07) is 5.51. The summed E-state index contributed by atoms with van der Waals surface area (Å²) < 4.78 is 0.914. The monoisotopic (exact) mass is 356 g/mol. The number of halogens is 1. The summed E-state index contributed by atoms with van der Waals surface area (Å²) in [5.74, 6) is -1.13. The smallest absolute Gasteiger partial charge is 0.337 e. The van der Waals surface area contributed by atoms with E-state index in [1.807, 2.05) is 11.4 Å². The van der Waals surface area contributed by atoms with Crippen molar-refractivity contribution in [3.63, 3.8) is 0 Å². The first kappa shape index (κ1) is 14.5. The molecule has 0 fully saturated rings. The minimum atomic E-state index is -1.13. The van der Waals surface area contributed by atoms with Crippen molar-refractivity contribution in [2.75, 3.05) is 5.32 Å². The Kier molecular flexibility index (Phi) is 4.35. The van der Waals surface area contributed by atoms with E-state index in [-0.39, 0.29) is 16.9 Å². The number of carboxylic acid groups (broad SMARTS) is 1. The maximum Gasteiger partial charge on any atom is 0.337 e. The van der Waals surface area contributed by atoms with Gasteiger partial charge in [0.2, 0.25) is 0 Å². The number of benzene rings is 1. The lowest BCUT2D eigenvalue weighted by atomic mass is 10.1. The van der Waals surface area contributed by atoms with E-state index in [0.29, 0.717) is 6.54 Å². The van der Waals surface area contributed by atoms with Crippen LogP contribution in [0.4, 0.5) is 11.4 Å². The molecular formula is C12H9BrN2O4S. The van der Waals surface area contributed by atoms with Crippen LogP contribution in [0.25, 0.3) is 0 Å². The molecule has 104 valence electrons. The van der Waals surface area contributed by atoms with Gasteiger partial charge in [-0.3, -0.25) is 10.1 Å². The lowest BCUT2D eigenvalue weighted by Crippen LogP contribution is -2.06. The van der Waals surface area contributed by atoms with E-state index in [9.17, 15) is 14.9 Å². The summed E-state index contributed by atoms with van der Waals surface area (Å²) in [7, 11) is 0. The molecule has 0 unspecified atom stereocenters. The molecule has 2 rings (SSSR count). The van der Waals surface area contributed by atoms with Crippen LogP contribution in [0.2, 0.25) is 0 Å². The van der Waals surface area contributed by atoms with Gasteiger partial charge in [0.1, 0.15) is 0 Å². The predicted molar refractivity (Wildman–Crippen MR) is 79.4 cm³/mol. The fourth-order valence-electron chi connectivity index (χ4n) is 1.61. The van der Waals surface area contributed by atoms with Gasteiger partial charge in [-0.1, -0.05) is 0 Å². The van der Waals surface area contributed by atoms with Crippen LogP contribution in [0.3, 0.4) is 0 Å². The Morgan fingerprint density at radius 1 is 1.45 bits per heavy atom. The van der Waals surface area contributed by atoms with E-state index in [0.717, 1.165) is 9.35 Å². The Hall–Kier alpha value is -1.93. The van der Waals surface area contributed by atoms with E-state index in [1.165, 1.54) is 29.5 Å². The molecule has 1 heterocycles. The SMILES string of the molecule is O=C(O)c1ccc([N+](=O)[O-])cc1NCc1sccc1Br. The average Bonchev–Trinajstić information content (AvgIpc) is 2.81. The number of rotatable bonds is 5. The summed E-state index contributed by atoms with van der Waals surface area (Å²) in [6.07, 6.45) is 0. The maximum absolute atomic E-state index is 11.1. The van der Waals surface area contributed by atoms with Crippen molar-refractivity contribution in [2.45, 2.75) is 6.54 Å². The Labute approximate surface area is 126 Å². The number of nitrogens with zero attached hydrogens (tertiary/aromatic N) is 1. The number of nitro groups is 1. The third kappa shape index (κ3) is 3.14. The fraction of sp³-hybridized carbons (Fsp3) is 0.0833. The minimum Gasteiger partial charge on any atom is -0.478 e. The van der Waals surface area contributed by atoms with Crippen molar-refractivity contribution < 1.29 is 14.8 Å². The quantitative estimate of drug-likeness (QED) is 0.628. The number of carbonyl (C=O) groups is 1. The molecule has 1 aromatic heterocycles. The number of anilines is 1. The highest BCUT2D eigenvalue weighted by Gasteiger charge is 2.15. The number of thiophene rings is 1. The Balaban J connectivity index is 2.28. The number of non-ortho nitro benzene ring substituents is 1. The Morgan fingerprint density at radius 3 is 2.75 bits per heavy atom. The molecule has 0 bridgehead atoms. The standard InChI is InChI=1S/C12H9BrN2O4S/c13-9-3-4-20-11(9)6-14-10-5-7(15(18)19)1-2-8(10)12(16)17/h1-5,14H,6H2,(H,16,17). The zero-order valence-corrected chi connectivity index (χ0v) is 12.4. The van der Waals surface area contributed by atoms with Crippen molar-refractivity contribution >= 4 is 44.6 Å². The molecule has 0 spiro atoms. The lowest BCUT2D eigenvalue weighted by molar-refractivity contribution is -0.384. The molecule has 2 N–H and O–H groups in total. The van der Waals surface area contributed by atoms with Gasteiger partial charge in [-0.2, -0.15) is 0 Å². The molecule has 0 aliphatic heterocycles. The molecule has 0 amide bonds. The van der Waals surface area contributed by atoms with Crippen LogP contribution in [0.1, 0.15) is 15.2 Å².